The third-order valence-electron chi connectivity index (χ3n) is 5.38. The number of aromatic nitrogens is 1. The Labute approximate surface area is 188 Å². The molecule has 8 heteroatoms. The molecule has 0 spiro atoms. The number of aromatic amines is 1. The van der Waals surface area contributed by atoms with E-state index in [1.54, 1.807) is 27.7 Å². The summed E-state index contributed by atoms with van der Waals surface area (Å²) in [5.41, 5.74) is 3.54. The highest BCUT2D eigenvalue weighted by Crippen LogP contribution is 2.28. The highest BCUT2D eigenvalue weighted by Gasteiger charge is 2.29. The predicted molar refractivity (Wildman–Crippen MR) is 120 cm³/mol. The van der Waals surface area contributed by atoms with Gasteiger partial charge < -0.3 is 9.72 Å². The van der Waals surface area contributed by atoms with Crippen LogP contribution in [0.3, 0.4) is 0 Å². The first-order chi connectivity index (χ1) is 15.1. The van der Waals surface area contributed by atoms with Crippen LogP contribution in [0, 0.1) is 26.6 Å². The molecule has 0 aliphatic heterocycles. The number of ether oxygens (including phenoxy) is 1. The summed E-state index contributed by atoms with van der Waals surface area (Å²) in [6.45, 7) is 7.24. The van der Waals surface area contributed by atoms with E-state index in [2.05, 4.69) is 4.98 Å². The highest BCUT2D eigenvalue weighted by atomic mass is 32.2. The fourth-order valence-electron chi connectivity index (χ4n) is 3.61. The van der Waals surface area contributed by atoms with Gasteiger partial charge in [-0.05, 0) is 62.1 Å². The van der Waals surface area contributed by atoms with Crippen molar-refractivity contribution in [2.75, 3.05) is 6.61 Å². The zero-order valence-corrected chi connectivity index (χ0v) is 19.4. The molecule has 0 saturated carbocycles. The van der Waals surface area contributed by atoms with Crippen molar-refractivity contribution in [1.29, 1.82) is 0 Å². The lowest BCUT2D eigenvalue weighted by Crippen LogP contribution is -2.31. The Hall–Kier alpha value is -2.97. The number of nitrogens with zero attached hydrogens (tertiary/aromatic N) is 1. The van der Waals surface area contributed by atoms with Crippen molar-refractivity contribution in [1.82, 2.24) is 9.29 Å². The van der Waals surface area contributed by atoms with Crippen molar-refractivity contribution in [2.45, 2.75) is 45.7 Å². The molecule has 0 bridgehead atoms. The van der Waals surface area contributed by atoms with Crippen molar-refractivity contribution < 1.29 is 22.3 Å². The standard InChI is InChI=1S/C24H27FN2O4S/c1-5-31-24(28)23-17(3)21(18(4)26-23)15-27(14-19-9-7-6-8-10-19)32(29,30)22-13-20(25)12-11-16(22)2/h6-13,26H,5,14-15H2,1-4H3. The van der Waals surface area contributed by atoms with E-state index in [4.69, 9.17) is 4.74 Å². The van der Waals surface area contributed by atoms with Gasteiger partial charge in [0.1, 0.15) is 11.5 Å². The molecule has 1 aromatic heterocycles. The third kappa shape index (κ3) is 4.92. The lowest BCUT2D eigenvalue weighted by atomic mass is 10.1. The SMILES string of the molecule is CCOC(=O)c1[nH]c(C)c(CN(Cc2ccccc2)S(=O)(=O)c2cc(F)ccc2C)c1C. The Balaban J connectivity index is 2.07. The molecular formula is C24H27FN2O4S. The summed E-state index contributed by atoms with van der Waals surface area (Å²) in [4.78, 5) is 15.2. The van der Waals surface area contributed by atoms with Gasteiger partial charge in [-0.15, -0.1) is 0 Å². The Bertz CT molecular complexity index is 1220. The normalized spacial score (nSPS) is 11.7. The number of benzene rings is 2. The first-order valence-electron chi connectivity index (χ1n) is 10.3. The largest absolute Gasteiger partial charge is 0.461 e. The summed E-state index contributed by atoms with van der Waals surface area (Å²) >= 11 is 0. The molecule has 0 atom stereocenters. The van der Waals surface area contributed by atoms with E-state index < -0.39 is 21.8 Å². The van der Waals surface area contributed by atoms with Gasteiger partial charge >= 0.3 is 5.97 Å². The van der Waals surface area contributed by atoms with Gasteiger partial charge in [0, 0.05) is 18.8 Å². The van der Waals surface area contributed by atoms with Crippen LogP contribution in [0.1, 0.15) is 45.4 Å². The minimum absolute atomic E-state index is 0.0146. The number of hydrogen-bond acceptors (Lipinski definition) is 4. The van der Waals surface area contributed by atoms with Crippen molar-refractivity contribution in [3.63, 3.8) is 0 Å². The molecule has 2 aromatic carbocycles. The van der Waals surface area contributed by atoms with E-state index in [-0.39, 0.29) is 24.6 Å². The van der Waals surface area contributed by atoms with Crippen molar-refractivity contribution >= 4 is 16.0 Å². The van der Waals surface area contributed by atoms with Crippen LogP contribution in [0.15, 0.2) is 53.4 Å². The number of aryl methyl sites for hydroxylation is 2. The summed E-state index contributed by atoms with van der Waals surface area (Å²) in [5.74, 6) is -1.11. The minimum Gasteiger partial charge on any atom is -0.461 e. The monoisotopic (exact) mass is 458 g/mol. The van der Waals surface area contributed by atoms with E-state index in [0.29, 0.717) is 28.1 Å². The summed E-state index contributed by atoms with van der Waals surface area (Å²) in [6, 6.07) is 12.9. The average molecular weight is 459 g/mol. The number of carbonyl (C=O) groups excluding carboxylic acids is 1. The second-order valence-electron chi connectivity index (χ2n) is 7.62. The molecule has 3 aromatic rings. The maximum Gasteiger partial charge on any atom is 0.355 e. The number of hydrogen-bond donors (Lipinski definition) is 1. The molecule has 0 radical (unpaired) electrons. The van der Waals surface area contributed by atoms with Crippen LogP contribution in [0.5, 0.6) is 0 Å². The number of halogens is 1. The molecule has 32 heavy (non-hydrogen) atoms. The van der Waals surface area contributed by atoms with Gasteiger partial charge in [0.15, 0.2) is 0 Å². The number of sulfonamides is 1. The summed E-state index contributed by atoms with van der Waals surface area (Å²) in [7, 11) is -4.04. The van der Waals surface area contributed by atoms with E-state index in [0.717, 1.165) is 11.6 Å². The topological polar surface area (TPSA) is 79.5 Å². The number of nitrogens with one attached hydrogen (secondary N) is 1. The van der Waals surface area contributed by atoms with Crippen LogP contribution in [0.4, 0.5) is 4.39 Å². The second kappa shape index (κ2) is 9.67. The van der Waals surface area contributed by atoms with Crippen LogP contribution in [-0.2, 0) is 27.8 Å². The maximum atomic E-state index is 13.9. The summed E-state index contributed by atoms with van der Waals surface area (Å²) < 4.78 is 47.6. The molecule has 170 valence electrons. The lowest BCUT2D eigenvalue weighted by Gasteiger charge is -2.24. The Kier molecular flexibility index (Phi) is 7.16. The lowest BCUT2D eigenvalue weighted by molar-refractivity contribution is 0.0519. The second-order valence-corrected chi connectivity index (χ2v) is 9.52. The van der Waals surface area contributed by atoms with Gasteiger partial charge in [0.2, 0.25) is 10.0 Å². The molecule has 3 rings (SSSR count). The molecular weight excluding hydrogens is 431 g/mol. The molecule has 0 fully saturated rings. The van der Waals surface area contributed by atoms with Crippen LogP contribution in [-0.4, -0.2) is 30.3 Å². The van der Waals surface area contributed by atoms with Crippen LogP contribution in [0.25, 0.3) is 0 Å². The van der Waals surface area contributed by atoms with Gasteiger partial charge in [0.05, 0.1) is 11.5 Å². The van der Waals surface area contributed by atoms with Crippen LogP contribution in [0.2, 0.25) is 0 Å². The molecule has 0 amide bonds. The van der Waals surface area contributed by atoms with E-state index in [9.17, 15) is 17.6 Å². The Morgan fingerprint density at radius 1 is 1.06 bits per heavy atom. The average Bonchev–Trinajstić information content (AvgIpc) is 3.04. The van der Waals surface area contributed by atoms with Crippen molar-refractivity contribution in [2.24, 2.45) is 0 Å². The van der Waals surface area contributed by atoms with Gasteiger partial charge in [-0.1, -0.05) is 36.4 Å². The Morgan fingerprint density at radius 2 is 1.75 bits per heavy atom. The highest BCUT2D eigenvalue weighted by molar-refractivity contribution is 7.89. The first-order valence-corrected chi connectivity index (χ1v) is 11.7. The van der Waals surface area contributed by atoms with E-state index in [1.165, 1.54) is 16.4 Å². The smallest absolute Gasteiger partial charge is 0.355 e. The van der Waals surface area contributed by atoms with Crippen LogP contribution < -0.4 is 0 Å². The number of rotatable bonds is 8. The van der Waals surface area contributed by atoms with Crippen molar-refractivity contribution in [3.05, 3.63) is 88.0 Å². The van der Waals surface area contributed by atoms with Crippen molar-refractivity contribution in [3.8, 4) is 0 Å². The van der Waals surface area contributed by atoms with Crippen LogP contribution >= 0.6 is 0 Å². The number of H-pyrrole nitrogens is 1. The summed E-state index contributed by atoms with van der Waals surface area (Å²) in [5, 5.41) is 0. The number of esters is 1. The maximum absolute atomic E-state index is 13.9. The van der Waals surface area contributed by atoms with Gasteiger partial charge in [0.25, 0.3) is 0 Å². The molecule has 0 aliphatic carbocycles. The number of carbonyl (C=O) groups is 1. The fourth-order valence-corrected chi connectivity index (χ4v) is 5.25. The fraction of sp³-hybridized carbons (Fsp3) is 0.292. The first kappa shape index (κ1) is 23.7. The predicted octanol–water partition coefficient (Wildman–Crippen LogP) is 4.65. The molecule has 6 nitrogen and oxygen atoms in total. The van der Waals surface area contributed by atoms with Gasteiger partial charge in [-0.2, -0.15) is 4.31 Å². The van der Waals surface area contributed by atoms with Gasteiger partial charge in [-0.3, -0.25) is 0 Å². The quantitative estimate of drug-likeness (QED) is 0.499. The zero-order chi connectivity index (χ0) is 23.5. The van der Waals surface area contributed by atoms with E-state index >= 15 is 0 Å². The molecule has 0 saturated heterocycles. The van der Waals surface area contributed by atoms with E-state index in [1.807, 2.05) is 30.3 Å². The molecule has 0 aliphatic rings. The molecule has 1 heterocycles. The molecule has 0 unspecified atom stereocenters. The zero-order valence-electron chi connectivity index (χ0n) is 18.6. The third-order valence-corrected chi connectivity index (χ3v) is 7.31. The summed E-state index contributed by atoms with van der Waals surface area (Å²) in [6.07, 6.45) is 0. The molecule has 1 N–H and O–H groups in total. The Morgan fingerprint density at radius 3 is 2.41 bits per heavy atom. The van der Waals surface area contributed by atoms with Gasteiger partial charge in [-0.25, -0.2) is 17.6 Å². The minimum atomic E-state index is -4.04.